The van der Waals surface area contributed by atoms with Crippen LogP contribution in [0, 0.1) is 6.92 Å². The first-order chi connectivity index (χ1) is 14.7. The van der Waals surface area contributed by atoms with Crippen molar-refractivity contribution in [3.05, 3.63) is 59.7 Å². The molecule has 0 unspecified atom stereocenters. The Balaban J connectivity index is 1.39. The van der Waals surface area contributed by atoms with Crippen LogP contribution in [0.25, 0.3) is 0 Å². The Hall–Kier alpha value is -2.29. The molecule has 30 heavy (non-hydrogen) atoms. The predicted octanol–water partition coefficient (Wildman–Crippen LogP) is 7.48. The number of carbonyl (C=O) groups excluding carboxylic acids is 1. The molecule has 3 heteroatoms. The van der Waals surface area contributed by atoms with Gasteiger partial charge in [0.05, 0.1) is 6.61 Å². The smallest absolute Gasteiger partial charge is 0.224 e. The normalized spacial score (nSPS) is 10.7. The molecule has 0 atom stereocenters. The molecule has 0 saturated carbocycles. The van der Waals surface area contributed by atoms with Crippen LogP contribution in [0.4, 0.5) is 5.69 Å². The van der Waals surface area contributed by atoms with Gasteiger partial charge in [-0.15, -0.1) is 0 Å². The predicted molar refractivity (Wildman–Crippen MR) is 127 cm³/mol. The van der Waals surface area contributed by atoms with Crippen molar-refractivity contribution in [3.8, 4) is 5.75 Å². The zero-order valence-electron chi connectivity index (χ0n) is 18.9. The lowest BCUT2D eigenvalue weighted by atomic mass is 10.0. The minimum atomic E-state index is 0.104. The fraction of sp³-hybridized carbons (Fsp3) is 0.519. The quantitative estimate of drug-likeness (QED) is 0.310. The van der Waals surface area contributed by atoms with Gasteiger partial charge in [-0.05, 0) is 62.9 Å². The van der Waals surface area contributed by atoms with Gasteiger partial charge in [-0.1, -0.05) is 74.8 Å². The van der Waals surface area contributed by atoms with E-state index < -0.39 is 0 Å². The molecule has 3 nitrogen and oxygen atoms in total. The molecular weight excluding hydrogens is 370 g/mol. The molecule has 0 spiro atoms. The van der Waals surface area contributed by atoms with Crippen LogP contribution in [0.3, 0.4) is 0 Å². The Kier molecular flexibility index (Phi) is 11.7. The van der Waals surface area contributed by atoms with Crippen LogP contribution >= 0.6 is 0 Å². The van der Waals surface area contributed by atoms with E-state index in [4.69, 9.17) is 4.74 Å². The van der Waals surface area contributed by atoms with Crippen LogP contribution in [-0.2, 0) is 11.2 Å². The van der Waals surface area contributed by atoms with E-state index in [0.29, 0.717) is 13.0 Å². The van der Waals surface area contributed by atoms with Crippen LogP contribution in [-0.4, -0.2) is 12.5 Å². The first kappa shape index (κ1) is 24.0. The molecule has 0 aromatic heterocycles. The van der Waals surface area contributed by atoms with Gasteiger partial charge >= 0.3 is 0 Å². The number of ether oxygens (including phenoxy) is 1. The number of aryl methyl sites for hydroxylation is 2. The van der Waals surface area contributed by atoms with E-state index >= 15 is 0 Å². The average molecular weight is 410 g/mol. The molecule has 0 saturated heterocycles. The van der Waals surface area contributed by atoms with Gasteiger partial charge in [0.15, 0.2) is 0 Å². The summed E-state index contributed by atoms with van der Waals surface area (Å²) in [5.74, 6) is 0.939. The Morgan fingerprint density at radius 3 is 1.93 bits per heavy atom. The highest BCUT2D eigenvalue weighted by Crippen LogP contribution is 2.17. The van der Waals surface area contributed by atoms with Gasteiger partial charge < -0.3 is 10.1 Å². The van der Waals surface area contributed by atoms with Crippen molar-refractivity contribution in [1.82, 2.24) is 0 Å². The number of nitrogens with one attached hydrogen (secondary N) is 1. The number of hydrogen-bond acceptors (Lipinski definition) is 2. The van der Waals surface area contributed by atoms with E-state index in [0.717, 1.165) is 24.3 Å². The molecule has 0 aliphatic carbocycles. The van der Waals surface area contributed by atoms with Crippen LogP contribution < -0.4 is 10.1 Å². The molecule has 0 aliphatic heterocycles. The second-order valence-electron chi connectivity index (χ2n) is 8.17. The standard InChI is InChI=1S/C27H39NO2/c1-3-30-26-21-19-25(20-22-26)28-27(29)14-12-10-8-6-4-5-7-9-11-13-24-17-15-23(2)16-18-24/h15-22H,3-14H2,1-2H3,(H,28,29). The molecule has 1 N–H and O–H groups in total. The lowest BCUT2D eigenvalue weighted by Crippen LogP contribution is -2.10. The summed E-state index contributed by atoms with van der Waals surface area (Å²) < 4.78 is 5.41. The summed E-state index contributed by atoms with van der Waals surface area (Å²) in [6, 6.07) is 16.5. The molecule has 0 radical (unpaired) electrons. The van der Waals surface area contributed by atoms with Crippen molar-refractivity contribution in [2.45, 2.75) is 84.5 Å². The highest BCUT2D eigenvalue weighted by atomic mass is 16.5. The Labute approximate surface area is 183 Å². The van der Waals surface area contributed by atoms with Crippen LogP contribution in [0.5, 0.6) is 5.75 Å². The Morgan fingerprint density at radius 2 is 1.33 bits per heavy atom. The number of anilines is 1. The fourth-order valence-corrected chi connectivity index (χ4v) is 3.63. The monoisotopic (exact) mass is 409 g/mol. The largest absolute Gasteiger partial charge is 0.494 e. The SMILES string of the molecule is CCOc1ccc(NC(=O)CCCCCCCCCCCc2ccc(C)cc2)cc1. The number of carbonyl (C=O) groups is 1. The highest BCUT2D eigenvalue weighted by Gasteiger charge is 2.03. The van der Waals surface area contributed by atoms with E-state index in [9.17, 15) is 4.79 Å². The third-order valence-electron chi connectivity index (χ3n) is 5.44. The maximum Gasteiger partial charge on any atom is 0.224 e. The van der Waals surface area contributed by atoms with Gasteiger partial charge in [0.2, 0.25) is 5.91 Å². The third kappa shape index (κ3) is 10.5. The van der Waals surface area contributed by atoms with E-state index in [1.807, 2.05) is 31.2 Å². The topological polar surface area (TPSA) is 38.3 Å². The molecule has 2 aromatic carbocycles. The molecule has 0 heterocycles. The molecule has 2 rings (SSSR count). The van der Waals surface area contributed by atoms with Crippen molar-refractivity contribution < 1.29 is 9.53 Å². The summed E-state index contributed by atoms with van der Waals surface area (Å²) in [7, 11) is 0. The maximum absolute atomic E-state index is 12.0. The second kappa shape index (κ2) is 14.7. The summed E-state index contributed by atoms with van der Waals surface area (Å²) in [6.45, 7) is 4.76. The molecule has 0 bridgehead atoms. The molecule has 2 aromatic rings. The summed E-state index contributed by atoms with van der Waals surface area (Å²) in [6.07, 6.45) is 13.1. The minimum Gasteiger partial charge on any atom is -0.494 e. The highest BCUT2D eigenvalue weighted by molar-refractivity contribution is 5.90. The number of hydrogen-bond donors (Lipinski definition) is 1. The number of amides is 1. The van der Waals surface area contributed by atoms with Crippen molar-refractivity contribution in [1.29, 1.82) is 0 Å². The first-order valence-corrected chi connectivity index (χ1v) is 11.8. The van der Waals surface area contributed by atoms with Crippen molar-refractivity contribution in [2.75, 3.05) is 11.9 Å². The van der Waals surface area contributed by atoms with Gasteiger partial charge in [0, 0.05) is 12.1 Å². The van der Waals surface area contributed by atoms with Gasteiger partial charge in [0.25, 0.3) is 0 Å². The minimum absolute atomic E-state index is 0.104. The van der Waals surface area contributed by atoms with Gasteiger partial charge in [0.1, 0.15) is 5.75 Å². The average Bonchev–Trinajstić information content (AvgIpc) is 2.75. The molecule has 0 fully saturated rings. The van der Waals surface area contributed by atoms with Crippen molar-refractivity contribution >= 4 is 11.6 Å². The lowest BCUT2D eigenvalue weighted by Gasteiger charge is -2.07. The first-order valence-electron chi connectivity index (χ1n) is 11.8. The number of unbranched alkanes of at least 4 members (excludes halogenated alkanes) is 8. The van der Waals surface area contributed by atoms with Crippen molar-refractivity contribution in [2.24, 2.45) is 0 Å². The molecular formula is C27H39NO2. The van der Waals surface area contributed by atoms with E-state index in [2.05, 4.69) is 36.5 Å². The molecule has 1 amide bonds. The summed E-state index contributed by atoms with van der Waals surface area (Å²) in [5.41, 5.74) is 3.64. The Bertz CT molecular complexity index is 707. The zero-order valence-corrected chi connectivity index (χ0v) is 18.9. The van der Waals surface area contributed by atoms with Gasteiger partial charge in [-0.25, -0.2) is 0 Å². The fourth-order valence-electron chi connectivity index (χ4n) is 3.63. The number of rotatable bonds is 15. The lowest BCUT2D eigenvalue weighted by molar-refractivity contribution is -0.116. The summed E-state index contributed by atoms with van der Waals surface area (Å²) in [5, 5.41) is 2.96. The van der Waals surface area contributed by atoms with Crippen LogP contribution in [0.1, 0.15) is 82.3 Å². The van der Waals surface area contributed by atoms with E-state index in [1.165, 1.54) is 62.5 Å². The van der Waals surface area contributed by atoms with Gasteiger partial charge in [-0.3, -0.25) is 4.79 Å². The summed E-state index contributed by atoms with van der Waals surface area (Å²) >= 11 is 0. The molecule has 164 valence electrons. The van der Waals surface area contributed by atoms with E-state index in [1.54, 1.807) is 0 Å². The second-order valence-corrected chi connectivity index (χ2v) is 8.17. The Morgan fingerprint density at radius 1 is 0.767 bits per heavy atom. The third-order valence-corrected chi connectivity index (χ3v) is 5.44. The summed E-state index contributed by atoms with van der Waals surface area (Å²) in [4.78, 5) is 12.0. The maximum atomic E-state index is 12.0. The van der Waals surface area contributed by atoms with E-state index in [-0.39, 0.29) is 5.91 Å². The molecule has 0 aliphatic rings. The van der Waals surface area contributed by atoms with Crippen LogP contribution in [0.2, 0.25) is 0 Å². The number of benzene rings is 2. The zero-order chi connectivity index (χ0) is 21.4. The van der Waals surface area contributed by atoms with Crippen LogP contribution in [0.15, 0.2) is 48.5 Å². The van der Waals surface area contributed by atoms with Crippen molar-refractivity contribution in [3.63, 3.8) is 0 Å². The van der Waals surface area contributed by atoms with Gasteiger partial charge in [-0.2, -0.15) is 0 Å².